The number of fused-ring (bicyclic) bond motifs is 6. The maximum atomic E-state index is 9.27. The van der Waals surface area contributed by atoms with E-state index in [1.807, 2.05) is 54.6 Å². The first-order valence-corrected chi connectivity index (χ1v) is 13.7. The van der Waals surface area contributed by atoms with Gasteiger partial charge in [0.15, 0.2) is 0 Å². The monoisotopic (exact) mass is 559 g/mol. The maximum Gasteiger partial charge on any atom is 0.136 e. The van der Waals surface area contributed by atoms with Gasteiger partial charge in [0.05, 0.1) is 17.8 Å². The van der Waals surface area contributed by atoms with Crippen LogP contribution in [0.4, 0.5) is 0 Å². The average molecular weight is 560 g/mol. The van der Waals surface area contributed by atoms with Crippen molar-refractivity contribution >= 4 is 54.3 Å². The van der Waals surface area contributed by atoms with Crippen LogP contribution in [0.15, 0.2) is 162 Å². The molecule has 1 heteroatoms. The van der Waals surface area contributed by atoms with Crippen LogP contribution in [0.5, 0.6) is 0 Å². The van der Waals surface area contributed by atoms with Crippen LogP contribution < -0.4 is 0 Å². The van der Waals surface area contributed by atoms with Crippen LogP contribution in [0.3, 0.4) is 0 Å². The van der Waals surface area contributed by atoms with Gasteiger partial charge in [0.2, 0.25) is 0 Å². The van der Waals surface area contributed by atoms with E-state index in [4.69, 9.17) is 16.8 Å². The minimum atomic E-state index is -0.715. The summed E-state index contributed by atoms with van der Waals surface area (Å²) in [6.45, 7) is 0. The summed E-state index contributed by atoms with van der Waals surface area (Å²) in [5, 5.41) is 2.71. The SMILES string of the molecule is [2H]c1c([2H])c([2H])c(-c2c3c([2H])c([2H])c([2H])c([2H])c3c(-c3ccc4oc5cccc(-c6ccc7ccccc7c6)c5c4c3)c3c([2H])c([2H])c([2H])c([2H])c23)c([2H])c1[2H]. The highest BCUT2D eigenvalue weighted by Crippen LogP contribution is 2.45. The lowest BCUT2D eigenvalue weighted by Crippen LogP contribution is -1.90. The maximum absolute atomic E-state index is 9.27. The lowest BCUT2D eigenvalue weighted by molar-refractivity contribution is 0.669. The second-order valence-corrected chi connectivity index (χ2v) is 10.3. The summed E-state index contributed by atoms with van der Waals surface area (Å²) in [5.41, 5.74) is 2.50. The standard InChI is InChI=1S/C42H26O/c1-2-12-28(13-3-1)40-33-15-6-8-17-35(33)41(36-18-9-7-16-34(36)40)31-23-24-38-37(26-31)42-32(19-10-20-39(42)43-38)30-22-21-27-11-4-5-14-29(27)25-30/h1-26H/i1D,2D,3D,6D,7D,8D,9D,12D,13D,15D,16D,17D,18D. The molecule has 43 heavy (non-hydrogen) atoms. The van der Waals surface area contributed by atoms with Gasteiger partial charge < -0.3 is 4.42 Å². The van der Waals surface area contributed by atoms with Crippen LogP contribution in [0.1, 0.15) is 17.8 Å². The zero-order valence-corrected chi connectivity index (χ0v) is 22.4. The Labute approximate surface area is 267 Å². The van der Waals surface area contributed by atoms with E-state index in [1.54, 1.807) is 18.2 Å². The molecule has 0 spiro atoms. The Kier molecular flexibility index (Phi) is 3.18. The summed E-state index contributed by atoms with van der Waals surface area (Å²) in [6.07, 6.45) is 0. The molecule has 0 aliphatic rings. The molecule has 0 bridgehead atoms. The molecule has 0 unspecified atom stereocenters. The van der Waals surface area contributed by atoms with Crippen molar-refractivity contribution in [3.63, 3.8) is 0 Å². The Hall–Kier alpha value is -5.66. The van der Waals surface area contributed by atoms with Gasteiger partial charge in [0.1, 0.15) is 11.2 Å². The fourth-order valence-electron chi connectivity index (χ4n) is 6.12. The van der Waals surface area contributed by atoms with Gasteiger partial charge in [-0.05, 0) is 90.0 Å². The lowest BCUT2D eigenvalue weighted by atomic mass is 9.85. The Morgan fingerprint density at radius 1 is 0.419 bits per heavy atom. The summed E-state index contributed by atoms with van der Waals surface area (Å²) < 4.78 is 121. The Morgan fingerprint density at radius 3 is 1.77 bits per heavy atom. The topological polar surface area (TPSA) is 13.1 Å². The van der Waals surface area contributed by atoms with E-state index in [0.717, 1.165) is 27.3 Å². The van der Waals surface area contributed by atoms with Gasteiger partial charge in [-0.2, -0.15) is 0 Å². The van der Waals surface area contributed by atoms with Crippen molar-refractivity contribution in [1.29, 1.82) is 0 Å². The molecular weight excluding hydrogens is 520 g/mol. The molecule has 9 aromatic rings. The van der Waals surface area contributed by atoms with Crippen LogP contribution in [-0.4, -0.2) is 0 Å². The zero-order chi connectivity index (χ0) is 39.6. The van der Waals surface area contributed by atoms with Gasteiger partial charge in [-0.15, -0.1) is 0 Å². The van der Waals surface area contributed by atoms with Gasteiger partial charge in [0.25, 0.3) is 0 Å². The molecule has 8 aromatic carbocycles. The predicted octanol–water partition coefficient (Wildman–Crippen LogP) is 12.0. The smallest absolute Gasteiger partial charge is 0.136 e. The van der Waals surface area contributed by atoms with E-state index < -0.39 is 84.1 Å². The molecule has 1 heterocycles. The molecule has 1 aromatic heterocycles. The van der Waals surface area contributed by atoms with Gasteiger partial charge >= 0.3 is 0 Å². The normalized spacial score (nSPS) is 16.0. The Morgan fingerprint density at radius 2 is 1.05 bits per heavy atom. The summed E-state index contributed by atoms with van der Waals surface area (Å²) in [4.78, 5) is 0. The summed E-state index contributed by atoms with van der Waals surface area (Å²) >= 11 is 0. The fraction of sp³-hybridized carbons (Fsp3) is 0. The lowest BCUT2D eigenvalue weighted by Gasteiger charge is -2.17. The van der Waals surface area contributed by atoms with Crippen molar-refractivity contribution in [2.45, 2.75) is 0 Å². The second-order valence-electron chi connectivity index (χ2n) is 10.3. The van der Waals surface area contributed by atoms with Crippen LogP contribution in [0, 0.1) is 0 Å². The number of rotatable bonds is 3. The largest absolute Gasteiger partial charge is 0.456 e. The molecule has 9 rings (SSSR count). The van der Waals surface area contributed by atoms with Gasteiger partial charge in [-0.3, -0.25) is 0 Å². The third-order valence-corrected chi connectivity index (χ3v) is 7.97. The molecule has 0 aliphatic heterocycles. The highest BCUT2D eigenvalue weighted by molar-refractivity contribution is 6.22. The van der Waals surface area contributed by atoms with Crippen molar-refractivity contribution in [2.75, 3.05) is 0 Å². The van der Waals surface area contributed by atoms with Gasteiger partial charge in [0, 0.05) is 10.8 Å². The number of hydrogen-bond donors (Lipinski definition) is 0. The highest BCUT2D eigenvalue weighted by atomic mass is 16.3. The Balaban J connectivity index is 1.49. The molecular formula is C42H26O. The fourth-order valence-corrected chi connectivity index (χ4v) is 6.12. The number of furan rings is 1. The van der Waals surface area contributed by atoms with Crippen LogP contribution in [0.25, 0.3) is 87.6 Å². The average Bonchev–Trinajstić information content (AvgIpc) is 3.59. The Bertz CT molecular complexity index is 3130. The molecule has 1 nitrogen and oxygen atoms in total. The third-order valence-electron chi connectivity index (χ3n) is 7.97. The quantitative estimate of drug-likeness (QED) is 0.196. The third kappa shape index (κ3) is 3.72. The van der Waals surface area contributed by atoms with E-state index in [2.05, 4.69) is 6.07 Å². The summed E-state index contributed by atoms with van der Waals surface area (Å²) in [5.74, 6) is 0. The van der Waals surface area contributed by atoms with Crippen molar-refractivity contribution in [1.82, 2.24) is 0 Å². The van der Waals surface area contributed by atoms with Crippen LogP contribution in [-0.2, 0) is 0 Å². The van der Waals surface area contributed by atoms with Crippen LogP contribution in [0.2, 0.25) is 0 Å². The molecule has 0 radical (unpaired) electrons. The minimum absolute atomic E-state index is 0.0598. The molecule has 0 saturated heterocycles. The number of benzene rings is 8. The summed E-state index contributed by atoms with van der Waals surface area (Å²) in [6, 6.07) is 16.6. The second kappa shape index (κ2) is 9.44. The van der Waals surface area contributed by atoms with Crippen LogP contribution >= 0.6 is 0 Å². The minimum Gasteiger partial charge on any atom is -0.456 e. The molecule has 0 atom stereocenters. The first-order chi connectivity index (χ1) is 26.7. The molecule has 0 aliphatic carbocycles. The van der Waals surface area contributed by atoms with Crippen molar-refractivity contribution < 1.29 is 22.2 Å². The van der Waals surface area contributed by atoms with E-state index in [9.17, 15) is 5.48 Å². The van der Waals surface area contributed by atoms with E-state index >= 15 is 0 Å². The predicted molar refractivity (Wildman–Crippen MR) is 183 cm³/mol. The van der Waals surface area contributed by atoms with Crippen molar-refractivity contribution in [3.8, 4) is 33.4 Å². The highest BCUT2D eigenvalue weighted by Gasteiger charge is 2.18. The first-order valence-electron chi connectivity index (χ1n) is 20.2. The first kappa shape index (κ1) is 14.5. The van der Waals surface area contributed by atoms with E-state index in [1.165, 1.54) is 0 Å². The zero-order valence-electron chi connectivity index (χ0n) is 35.4. The molecule has 0 N–H and O–H groups in total. The van der Waals surface area contributed by atoms with Crippen molar-refractivity contribution in [2.24, 2.45) is 0 Å². The van der Waals surface area contributed by atoms with E-state index in [-0.39, 0.29) is 32.7 Å². The molecule has 0 saturated carbocycles. The summed E-state index contributed by atoms with van der Waals surface area (Å²) in [7, 11) is 0. The van der Waals surface area contributed by atoms with E-state index in [0.29, 0.717) is 22.1 Å². The molecule has 0 fully saturated rings. The van der Waals surface area contributed by atoms with Gasteiger partial charge in [-0.1, -0.05) is 133 Å². The number of hydrogen-bond acceptors (Lipinski definition) is 1. The molecule has 200 valence electrons. The molecule has 0 amide bonds. The van der Waals surface area contributed by atoms with Gasteiger partial charge in [-0.25, -0.2) is 0 Å². The van der Waals surface area contributed by atoms with Crippen molar-refractivity contribution in [3.05, 3.63) is 157 Å².